The Bertz CT molecular complexity index is 1820. The average molecular weight is 535 g/mol. The Morgan fingerprint density at radius 1 is 0.825 bits per heavy atom. The number of anilines is 1. The number of fused-ring (bicyclic) bond motifs is 2. The Labute approximate surface area is 232 Å². The molecule has 0 aliphatic carbocycles. The Balaban J connectivity index is 1.39. The van der Waals surface area contributed by atoms with Gasteiger partial charge in [0.15, 0.2) is 0 Å². The number of pyridine rings is 1. The minimum absolute atomic E-state index is 0.330. The molecule has 3 heterocycles. The molecule has 0 aliphatic rings. The summed E-state index contributed by atoms with van der Waals surface area (Å²) in [6.45, 7) is 1.23. The van der Waals surface area contributed by atoms with Crippen LogP contribution in [0.3, 0.4) is 0 Å². The molecule has 40 heavy (non-hydrogen) atoms. The predicted octanol–water partition coefficient (Wildman–Crippen LogP) is 6.59. The van der Waals surface area contributed by atoms with Crippen LogP contribution in [0.15, 0.2) is 79.1 Å². The monoisotopic (exact) mass is 534 g/mol. The normalized spacial score (nSPS) is 11.6. The summed E-state index contributed by atoms with van der Waals surface area (Å²) < 4.78 is 20.5. The summed E-state index contributed by atoms with van der Waals surface area (Å²) >= 11 is 0. The van der Waals surface area contributed by atoms with Crippen molar-refractivity contribution in [2.45, 2.75) is 0 Å². The average Bonchev–Trinajstić information content (AvgIpc) is 3.56. The van der Waals surface area contributed by atoms with Gasteiger partial charge < -0.3 is 19.5 Å². The van der Waals surface area contributed by atoms with Crippen molar-refractivity contribution in [3.8, 4) is 39.4 Å². The van der Waals surface area contributed by atoms with Gasteiger partial charge in [-0.2, -0.15) is 5.10 Å². The number of hydrogen-bond acceptors (Lipinski definition) is 5. The fourth-order valence-electron chi connectivity index (χ4n) is 4.91. The molecular weight excluding hydrogens is 503 g/mol. The van der Waals surface area contributed by atoms with Gasteiger partial charge in [-0.3, -0.25) is 10.1 Å². The van der Waals surface area contributed by atoms with E-state index in [4.69, 9.17) is 4.74 Å². The van der Waals surface area contributed by atoms with E-state index in [1.165, 1.54) is 6.07 Å². The van der Waals surface area contributed by atoms with E-state index in [-0.39, 0.29) is 5.82 Å². The fourth-order valence-corrected chi connectivity index (χ4v) is 4.91. The summed E-state index contributed by atoms with van der Waals surface area (Å²) in [5.74, 6) is 0.187. The molecule has 2 N–H and O–H groups in total. The van der Waals surface area contributed by atoms with Crippen LogP contribution in [0.4, 0.5) is 10.1 Å². The van der Waals surface area contributed by atoms with Gasteiger partial charge in [-0.05, 0) is 73.3 Å². The standard InChI is InChI=1S/C32H31FN6O/c1-38(2)10-11-40-25-14-21(12-23(33)16-25)26-6-5-7-29-27(26)17-31(35-29)32-28-15-20(8-9-30(28)36-37-32)22-13-24(39(3)4)19-34-18-22/h5-9,12-19,35H,10-11H2,1-4H3,(H,36,37). The molecule has 0 spiro atoms. The molecule has 0 bridgehead atoms. The van der Waals surface area contributed by atoms with Crippen molar-refractivity contribution in [2.24, 2.45) is 0 Å². The van der Waals surface area contributed by atoms with Crippen molar-refractivity contribution < 1.29 is 9.13 Å². The van der Waals surface area contributed by atoms with Crippen molar-refractivity contribution in [2.75, 3.05) is 46.2 Å². The molecule has 3 aromatic carbocycles. The molecule has 0 fully saturated rings. The van der Waals surface area contributed by atoms with E-state index in [9.17, 15) is 4.39 Å². The maximum absolute atomic E-state index is 14.6. The van der Waals surface area contributed by atoms with Crippen molar-refractivity contribution in [1.82, 2.24) is 25.1 Å². The molecule has 6 rings (SSSR count). The number of aromatic amines is 2. The van der Waals surface area contributed by atoms with Gasteiger partial charge >= 0.3 is 0 Å². The SMILES string of the molecule is CN(C)CCOc1cc(F)cc(-c2cccc3[nH]c(-c4n[nH]c5ccc(-c6cncc(N(C)C)c6)cc45)cc23)c1. The number of nitrogens with one attached hydrogen (secondary N) is 2. The second-order valence-electron chi connectivity index (χ2n) is 10.4. The van der Waals surface area contributed by atoms with E-state index in [1.807, 2.05) is 80.7 Å². The number of benzene rings is 3. The number of ether oxygens (including phenoxy) is 1. The van der Waals surface area contributed by atoms with Crippen LogP contribution in [0.25, 0.3) is 55.4 Å². The van der Waals surface area contributed by atoms with Gasteiger partial charge in [0.1, 0.15) is 23.9 Å². The topological polar surface area (TPSA) is 73.1 Å². The smallest absolute Gasteiger partial charge is 0.127 e. The third kappa shape index (κ3) is 5.01. The highest BCUT2D eigenvalue weighted by atomic mass is 19.1. The van der Waals surface area contributed by atoms with E-state index >= 15 is 0 Å². The maximum atomic E-state index is 14.6. The zero-order valence-electron chi connectivity index (χ0n) is 23.0. The van der Waals surface area contributed by atoms with E-state index < -0.39 is 0 Å². The first-order valence-corrected chi connectivity index (χ1v) is 13.2. The summed E-state index contributed by atoms with van der Waals surface area (Å²) in [4.78, 5) is 12.0. The van der Waals surface area contributed by atoms with Crippen molar-refractivity contribution in [3.05, 3.63) is 84.9 Å². The lowest BCUT2D eigenvalue weighted by Crippen LogP contribution is -2.19. The van der Waals surface area contributed by atoms with E-state index in [0.717, 1.165) is 67.7 Å². The molecule has 7 nitrogen and oxygen atoms in total. The first kappa shape index (κ1) is 25.6. The first-order chi connectivity index (χ1) is 19.4. The number of hydrogen-bond donors (Lipinski definition) is 2. The minimum Gasteiger partial charge on any atom is -0.492 e. The van der Waals surface area contributed by atoms with Gasteiger partial charge in [0, 0.05) is 54.8 Å². The second kappa shape index (κ2) is 10.5. The zero-order valence-corrected chi connectivity index (χ0v) is 23.0. The van der Waals surface area contributed by atoms with E-state index in [0.29, 0.717) is 12.4 Å². The lowest BCUT2D eigenvalue weighted by atomic mass is 10.0. The van der Waals surface area contributed by atoms with Crippen LogP contribution in [-0.2, 0) is 0 Å². The Kier molecular flexibility index (Phi) is 6.69. The quantitative estimate of drug-likeness (QED) is 0.231. The van der Waals surface area contributed by atoms with Crippen LogP contribution in [0, 0.1) is 5.82 Å². The Hall–Kier alpha value is -4.69. The second-order valence-corrected chi connectivity index (χ2v) is 10.4. The number of H-pyrrole nitrogens is 2. The first-order valence-electron chi connectivity index (χ1n) is 13.2. The Morgan fingerprint density at radius 2 is 1.70 bits per heavy atom. The number of halogens is 1. The van der Waals surface area contributed by atoms with Crippen molar-refractivity contribution in [3.63, 3.8) is 0 Å². The molecule has 0 amide bonds. The van der Waals surface area contributed by atoms with Crippen LogP contribution in [0.5, 0.6) is 5.75 Å². The summed E-state index contributed by atoms with van der Waals surface area (Å²) in [6.07, 6.45) is 3.73. The van der Waals surface area contributed by atoms with Crippen LogP contribution < -0.4 is 9.64 Å². The highest BCUT2D eigenvalue weighted by Crippen LogP contribution is 2.36. The van der Waals surface area contributed by atoms with Crippen LogP contribution in [0.2, 0.25) is 0 Å². The summed E-state index contributed by atoms with van der Waals surface area (Å²) in [7, 11) is 7.97. The van der Waals surface area contributed by atoms with Crippen LogP contribution >= 0.6 is 0 Å². The molecule has 0 aliphatic heterocycles. The molecular formula is C32H31FN6O. The number of likely N-dealkylation sites (N-methyl/N-ethyl adjacent to an activating group) is 1. The van der Waals surface area contributed by atoms with Gasteiger partial charge in [0.25, 0.3) is 0 Å². The maximum Gasteiger partial charge on any atom is 0.127 e. The molecule has 0 saturated carbocycles. The third-order valence-corrected chi connectivity index (χ3v) is 7.05. The highest BCUT2D eigenvalue weighted by molar-refractivity contribution is 6.02. The molecule has 8 heteroatoms. The van der Waals surface area contributed by atoms with Gasteiger partial charge in [-0.15, -0.1) is 0 Å². The van der Waals surface area contributed by atoms with Gasteiger partial charge in [-0.25, -0.2) is 4.39 Å². The number of aromatic nitrogens is 4. The molecule has 0 atom stereocenters. The molecule has 0 saturated heterocycles. The fraction of sp³-hybridized carbons (Fsp3) is 0.188. The van der Waals surface area contributed by atoms with E-state index in [1.54, 1.807) is 6.07 Å². The summed E-state index contributed by atoms with van der Waals surface area (Å²) in [5.41, 5.74) is 8.41. The number of nitrogens with zero attached hydrogens (tertiary/aromatic N) is 4. The molecule has 6 aromatic rings. The predicted molar refractivity (Wildman–Crippen MR) is 160 cm³/mol. The van der Waals surface area contributed by atoms with Gasteiger partial charge in [0.2, 0.25) is 0 Å². The van der Waals surface area contributed by atoms with E-state index in [2.05, 4.69) is 44.4 Å². The lowest BCUT2D eigenvalue weighted by Gasteiger charge is -2.13. The highest BCUT2D eigenvalue weighted by Gasteiger charge is 2.15. The molecule has 202 valence electrons. The van der Waals surface area contributed by atoms with Crippen LogP contribution in [-0.4, -0.2) is 66.4 Å². The Morgan fingerprint density at radius 3 is 2.52 bits per heavy atom. The zero-order chi connectivity index (χ0) is 27.8. The molecule has 3 aromatic heterocycles. The minimum atomic E-state index is -0.330. The molecule has 0 radical (unpaired) electrons. The van der Waals surface area contributed by atoms with Crippen LogP contribution in [0.1, 0.15) is 0 Å². The van der Waals surface area contributed by atoms with Gasteiger partial charge in [-0.1, -0.05) is 18.2 Å². The third-order valence-electron chi connectivity index (χ3n) is 7.05. The van der Waals surface area contributed by atoms with Crippen molar-refractivity contribution in [1.29, 1.82) is 0 Å². The molecule has 0 unspecified atom stereocenters. The van der Waals surface area contributed by atoms with Gasteiger partial charge in [0.05, 0.1) is 23.1 Å². The lowest BCUT2D eigenvalue weighted by molar-refractivity contribution is 0.260. The number of rotatable bonds is 8. The summed E-state index contributed by atoms with van der Waals surface area (Å²) in [6, 6.07) is 21.3. The summed E-state index contributed by atoms with van der Waals surface area (Å²) in [5, 5.41) is 9.81. The van der Waals surface area contributed by atoms with Crippen molar-refractivity contribution >= 4 is 27.5 Å². The largest absolute Gasteiger partial charge is 0.492 e.